The molecule has 0 aliphatic heterocycles. The molecule has 2 nitrogen and oxygen atoms in total. The van der Waals surface area contributed by atoms with Gasteiger partial charge in [0.1, 0.15) is 0 Å². The zero-order chi connectivity index (χ0) is 12.3. The van der Waals surface area contributed by atoms with Gasteiger partial charge in [-0.2, -0.15) is 0 Å². The van der Waals surface area contributed by atoms with Gasteiger partial charge < -0.3 is 10.2 Å². The largest absolute Gasteiger partial charge is 0.388 e. The molecule has 1 atom stereocenters. The second-order valence-corrected chi connectivity index (χ2v) is 5.61. The molecule has 0 aliphatic carbocycles. The average molecular weight is 220 g/mol. The van der Waals surface area contributed by atoms with E-state index in [9.17, 15) is 0 Å². The molecular weight excluding hydrogens is 196 g/mol. The van der Waals surface area contributed by atoms with Crippen molar-refractivity contribution in [1.82, 2.24) is 4.90 Å². The summed E-state index contributed by atoms with van der Waals surface area (Å²) in [4.78, 5) is 2.29. The lowest BCUT2D eigenvalue weighted by atomic mass is 9.81. The van der Waals surface area contributed by atoms with E-state index in [0.717, 1.165) is 0 Å². The van der Waals surface area contributed by atoms with Crippen LogP contribution in [0.15, 0.2) is 24.3 Å². The van der Waals surface area contributed by atoms with Crippen molar-refractivity contribution in [1.29, 1.82) is 0 Å². The van der Waals surface area contributed by atoms with Crippen molar-refractivity contribution in [2.24, 2.45) is 5.41 Å². The lowest BCUT2D eigenvalue weighted by Crippen LogP contribution is -2.31. The molecule has 1 aromatic carbocycles. The predicted molar refractivity (Wildman–Crippen MR) is 71.9 cm³/mol. The van der Waals surface area contributed by atoms with Crippen molar-refractivity contribution in [2.45, 2.75) is 26.8 Å². The first-order valence-corrected chi connectivity index (χ1v) is 5.80. The van der Waals surface area contributed by atoms with Crippen LogP contribution < -0.4 is 5.32 Å². The van der Waals surface area contributed by atoms with E-state index in [-0.39, 0.29) is 5.41 Å². The van der Waals surface area contributed by atoms with Crippen LogP contribution in [-0.2, 0) is 0 Å². The van der Waals surface area contributed by atoms with Crippen LogP contribution in [-0.4, -0.2) is 26.0 Å². The van der Waals surface area contributed by atoms with E-state index in [1.807, 2.05) is 7.05 Å². The van der Waals surface area contributed by atoms with Gasteiger partial charge in [-0.05, 0) is 37.2 Å². The Labute approximate surface area is 99.7 Å². The Kier molecular flexibility index (Phi) is 3.98. The molecule has 1 N–H and O–H groups in total. The number of anilines is 1. The number of rotatable bonds is 3. The summed E-state index contributed by atoms with van der Waals surface area (Å²) in [5.41, 5.74) is 2.77. The zero-order valence-electron chi connectivity index (χ0n) is 11.3. The molecule has 2 heteroatoms. The van der Waals surface area contributed by atoms with Gasteiger partial charge in [-0.3, -0.25) is 0 Å². The maximum Gasteiger partial charge on any atom is 0.0391 e. The Bertz CT molecular complexity index is 337. The number of hydrogen-bond donors (Lipinski definition) is 1. The van der Waals surface area contributed by atoms with Crippen molar-refractivity contribution >= 4 is 5.69 Å². The molecular formula is C14H24N2. The Morgan fingerprint density at radius 2 is 1.81 bits per heavy atom. The van der Waals surface area contributed by atoms with E-state index in [2.05, 4.69) is 69.3 Å². The first-order valence-electron chi connectivity index (χ1n) is 5.80. The molecule has 16 heavy (non-hydrogen) atoms. The molecule has 0 saturated carbocycles. The zero-order valence-corrected chi connectivity index (χ0v) is 11.3. The van der Waals surface area contributed by atoms with E-state index in [0.29, 0.717) is 6.04 Å². The fourth-order valence-corrected chi connectivity index (χ4v) is 2.44. The lowest BCUT2D eigenvalue weighted by molar-refractivity contribution is 0.154. The fourth-order valence-electron chi connectivity index (χ4n) is 2.44. The summed E-state index contributed by atoms with van der Waals surface area (Å²) in [5.74, 6) is 0. The quantitative estimate of drug-likeness (QED) is 0.840. The number of hydrogen-bond acceptors (Lipinski definition) is 2. The summed E-state index contributed by atoms with van der Waals surface area (Å²) in [6.07, 6.45) is 0. The average Bonchev–Trinajstić information content (AvgIpc) is 2.15. The molecule has 0 fully saturated rings. The summed E-state index contributed by atoms with van der Waals surface area (Å²) < 4.78 is 0. The number of nitrogens with zero attached hydrogens (tertiary/aromatic N) is 1. The van der Waals surface area contributed by atoms with Crippen LogP contribution in [0.1, 0.15) is 32.4 Å². The Morgan fingerprint density at radius 1 is 1.19 bits per heavy atom. The van der Waals surface area contributed by atoms with Gasteiger partial charge in [0.2, 0.25) is 0 Å². The van der Waals surface area contributed by atoms with Gasteiger partial charge in [0.05, 0.1) is 0 Å². The Hall–Kier alpha value is -1.02. The Balaban J connectivity index is 3.11. The van der Waals surface area contributed by atoms with Crippen molar-refractivity contribution in [3.05, 3.63) is 29.8 Å². The summed E-state index contributed by atoms with van der Waals surface area (Å²) in [5, 5.41) is 3.19. The Morgan fingerprint density at radius 3 is 2.25 bits per heavy atom. The van der Waals surface area contributed by atoms with E-state index >= 15 is 0 Å². The van der Waals surface area contributed by atoms with Gasteiger partial charge in [0.25, 0.3) is 0 Å². The van der Waals surface area contributed by atoms with Crippen molar-refractivity contribution in [2.75, 3.05) is 26.5 Å². The van der Waals surface area contributed by atoms with Crippen LogP contribution in [0, 0.1) is 5.41 Å². The van der Waals surface area contributed by atoms with Crippen LogP contribution in [0.3, 0.4) is 0 Å². The van der Waals surface area contributed by atoms with Gasteiger partial charge >= 0.3 is 0 Å². The molecule has 0 aromatic heterocycles. The molecule has 0 amide bonds. The van der Waals surface area contributed by atoms with Crippen LogP contribution in [0.5, 0.6) is 0 Å². The van der Waals surface area contributed by atoms with E-state index in [1.54, 1.807) is 0 Å². The molecule has 0 radical (unpaired) electrons. The lowest BCUT2D eigenvalue weighted by Gasteiger charge is -2.36. The molecule has 1 unspecified atom stereocenters. The molecule has 0 heterocycles. The predicted octanol–water partition coefficient (Wildman–Crippen LogP) is 3.38. The third-order valence-corrected chi connectivity index (χ3v) is 2.83. The minimum Gasteiger partial charge on any atom is -0.388 e. The van der Waals surface area contributed by atoms with E-state index < -0.39 is 0 Å². The fraction of sp³-hybridized carbons (Fsp3) is 0.571. The first kappa shape index (κ1) is 13.0. The molecule has 1 aromatic rings. The first-order chi connectivity index (χ1) is 7.36. The summed E-state index contributed by atoms with van der Waals surface area (Å²) in [6, 6.07) is 9.08. The number of nitrogens with one attached hydrogen (secondary N) is 1. The highest BCUT2D eigenvalue weighted by molar-refractivity contribution is 5.46. The van der Waals surface area contributed by atoms with Gasteiger partial charge in [-0.25, -0.2) is 0 Å². The van der Waals surface area contributed by atoms with Crippen LogP contribution in [0.2, 0.25) is 0 Å². The minimum absolute atomic E-state index is 0.232. The monoisotopic (exact) mass is 220 g/mol. The number of benzene rings is 1. The van der Waals surface area contributed by atoms with Crippen LogP contribution in [0.4, 0.5) is 5.69 Å². The topological polar surface area (TPSA) is 15.3 Å². The van der Waals surface area contributed by atoms with Crippen LogP contribution >= 0.6 is 0 Å². The maximum atomic E-state index is 3.19. The standard InChI is InChI=1S/C14H24N2/c1-14(2,3)13(16(5)6)11-8-7-9-12(10-11)15-4/h7-10,13,15H,1-6H3. The van der Waals surface area contributed by atoms with E-state index in [1.165, 1.54) is 11.3 Å². The SMILES string of the molecule is CNc1cccc(C(N(C)C)C(C)(C)C)c1. The second-order valence-electron chi connectivity index (χ2n) is 5.61. The molecule has 0 saturated heterocycles. The van der Waals surface area contributed by atoms with Crippen molar-refractivity contribution < 1.29 is 0 Å². The highest BCUT2D eigenvalue weighted by Crippen LogP contribution is 2.37. The second kappa shape index (κ2) is 4.88. The van der Waals surface area contributed by atoms with Crippen LogP contribution in [0.25, 0.3) is 0 Å². The minimum atomic E-state index is 0.232. The third-order valence-electron chi connectivity index (χ3n) is 2.83. The summed E-state index contributed by atoms with van der Waals surface area (Å²) in [7, 11) is 6.24. The summed E-state index contributed by atoms with van der Waals surface area (Å²) in [6.45, 7) is 6.84. The maximum absolute atomic E-state index is 3.19. The van der Waals surface area contributed by atoms with Gasteiger partial charge in [-0.1, -0.05) is 32.9 Å². The highest BCUT2D eigenvalue weighted by atomic mass is 15.1. The normalized spacial score (nSPS) is 13.9. The van der Waals surface area contributed by atoms with Gasteiger partial charge in [0.15, 0.2) is 0 Å². The molecule has 0 bridgehead atoms. The molecule has 0 spiro atoms. The molecule has 0 aliphatic rings. The molecule has 90 valence electrons. The van der Waals surface area contributed by atoms with Gasteiger partial charge in [-0.15, -0.1) is 0 Å². The van der Waals surface area contributed by atoms with Crippen molar-refractivity contribution in [3.63, 3.8) is 0 Å². The molecule has 1 rings (SSSR count). The van der Waals surface area contributed by atoms with Crippen molar-refractivity contribution in [3.8, 4) is 0 Å². The summed E-state index contributed by atoms with van der Waals surface area (Å²) >= 11 is 0. The van der Waals surface area contributed by atoms with E-state index in [4.69, 9.17) is 0 Å². The smallest absolute Gasteiger partial charge is 0.0391 e. The van der Waals surface area contributed by atoms with Gasteiger partial charge in [0, 0.05) is 18.8 Å². The highest BCUT2D eigenvalue weighted by Gasteiger charge is 2.27. The third kappa shape index (κ3) is 2.99.